The molecule has 1 aromatic rings. The van der Waals surface area contributed by atoms with Gasteiger partial charge < -0.3 is 15.4 Å². The highest BCUT2D eigenvalue weighted by Crippen LogP contribution is 2.14. The molecular weight excluding hydrogens is 264 g/mol. The number of halogens is 1. The first-order valence-corrected chi connectivity index (χ1v) is 6.81. The molecule has 0 spiro atoms. The summed E-state index contributed by atoms with van der Waals surface area (Å²) in [6.45, 7) is 2.76. The molecule has 1 aromatic carbocycles. The summed E-state index contributed by atoms with van der Waals surface area (Å²) in [4.78, 5) is 11.6. The molecule has 2 N–H and O–H groups in total. The van der Waals surface area contributed by atoms with E-state index in [1.807, 2.05) is 24.3 Å². The van der Waals surface area contributed by atoms with Crippen molar-refractivity contribution in [3.63, 3.8) is 0 Å². The van der Waals surface area contributed by atoms with Crippen LogP contribution in [0.4, 0.5) is 0 Å². The van der Waals surface area contributed by atoms with Crippen LogP contribution >= 0.6 is 11.6 Å². The molecule has 4 nitrogen and oxygen atoms in total. The monoisotopic (exact) mass is 284 g/mol. The average Bonchev–Trinajstić information content (AvgIpc) is 2.42. The lowest BCUT2D eigenvalue weighted by molar-refractivity contribution is -0.121. The third-order valence-electron chi connectivity index (χ3n) is 2.66. The van der Waals surface area contributed by atoms with Crippen molar-refractivity contribution in [3.05, 3.63) is 34.9 Å². The topological polar surface area (TPSA) is 50.4 Å². The van der Waals surface area contributed by atoms with Crippen LogP contribution in [0.5, 0.6) is 0 Å². The fraction of sp³-hybridized carbons (Fsp3) is 0.500. The Bertz CT molecular complexity index is 385. The van der Waals surface area contributed by atoms with E-state index >= 15 is 0 Å². The Balaban J connectivity index is 2.10. The maximum Gasteiger partial charge on any atom is 0.221 e. The number of methoxy groups -OCH3 is 1. The van der Waals surface area contributed by atoms with Crippen molar-refractivity contribution in [1.82, 2.24) is 10.6 Å². The third kappa shape index (κ3) is 7.15. The lowest BCUT2D eigenvalue weighted by atomic mass is 10.2. The van der Waals surface area contributed by atoms with Gasteiger partial charge in [0.25, 0.3) is 0 Å². The normalized spacial score (nSPS) is 10.4. The first kappa shape index (κ1) is 16.0. The van der Waals surface area contributed by atoms with E-state index in [1.165, 1.54) is 0 Å². The molecule has 0 radical (unpaired) electrons. The minimum absolute atomic E-state index is 0.0270. The van der Waals surface area contributed by atoms with Gasteiger partial charge in [0.05, 0.1) is 0 Å². The van der Waals surface area contributed by atoms with Crippen LogP contribution in [0.25, 0.3) is 0 Å². The van der Waals surface area contributed by atoms with E-state index in [9.17, 15) is 4.79 Å². The van der Waals surface area contributed by atoms with Gasteiger partial charge in [-0.05, 0) is 24.6 Å². The van der Waals surface area contributed by atoms with Crippen LogP contribution in [0.15, 0.2) is 24.3 Å². The lowest BCUT2D eigenvalue weighted by Crippen LogP contribution is -2.28. The average molecular weight is 285 g/mol. The summed E-state index contributed by atoms with van der Waals surface area (Å²) in [5, 5.41) is 6.73. The van der Waals surface area contributed by atoms with E-state index in [0.717, 1.165) is 25.1 Å². The van der Waals surface area contributed by atoms with E-state index in [0.29, 0.717) is 24.5 Å². The zero-order valence-corrected chi connectivity index (χ0v) is 12.0. The summed E-state index contributed by atoms with van der Waals surface area (Å²) < 4.78 is 4.94. The molecule has 106 valence electrons. The summed E-state index contributed by atoms with van der Waals surface area (Å²) in [6, 6.07) is 7.51. The molecule has 0 saturated carbocycles. The number of carbonyl (C=O) groups excluding carboxylic acids is 1. The SMILES string of the molecule is COCCCNCCC(=O)NCc1ccccc1Cl. The highest BCUT2D eigenvalue weighted by Gasteiger charge is 2.03. The zero-order chi connectivity index (χ0) is 13.9. The maximum atomic E-state index is 11.6. The highest BCUT2D eigenvalue weighted by atomic mass is 35.5. The van der Waals surface area contributed by atoms with Crippen molar-refractivity contribution in [2.24, 2.45) is 0 Å². The molecule has 0 bridgehead atoms. The van der Waals surface area contributed by atoms with Gasteiger partial charge in [0.2, 0.25) is 5.91 Å². The summed E-state index contributed by atoms with van der Waals surface area (Å²) in [7, 11) is 1.68. The number of benzene rings is 1. The summed E-state index contributed by atoms with van der Waals surface area (Å²) in [5.41, 5.74) is 0.936. The van der Waals surface area contributed by atoms with E-state index < -0.39 is 0 Å². The molecule has 0 aliphatic carbocycles. The molecule has 0 aromatic heterocycles. The number of hydrogen-bond acceptors (Lipinski definition) is 3. The second-order valence-corrected chi connectivity index (χ2v) is 4.62. The van der Waals surface area contributed by atoms with Crippen LogP contribution in [-0.4, -0.2) is 32.7 Å². The van der Waals surface area contributed by atoms with Crippen molar-refractivity contribution in [3.8, 4) is 0 Å². The van der Waals surface area contributed by atoms with E-state index in [1.54, 1.807) is 7.11 Å². The largest absolute Gasteiger partial charge is 0.385 e. The van der Waals surface area contributed by atoms with Gasteiger partial charge in [-0.25, -0.2) is 0 Å². The molecule has 19 heavy (non-hydrogen) atoms. The van der Waals surface area contributed by atoms with Crippen molar-refractivity contribution >= 4 is 17.5 Å². The van der Waals surface area contributed by atoms with Crippen LogP contribution < -0.4 is 10.6 Å². The summed E-state index contributed by atoms with van der Waals surface area (Å²) in [5.74, 6) is 0.0270. The van der Waals surface area contributed by atoms with Crippen LogP contribution in [0.3, 0.4) is 0 Å². The number of nitrogens with one attached hydrogen (secondary N) is 2. The van der Waals surface area contributed by atoms with Gasteiger partial charge >= 0.3 is 0 Å². The Kier molecular flexibility index (Phi) is 8.21. The number of ether oxygens (including phenoxy) is 1. The molecule has 0 fully saturated rings. The standard InChI is InChI=1S/C14H21ClN2O2/c1-19-10-4-8-16-9-7-14(18)17-11-12-5-2-3-6-13(12)15/h2-3,5-6,16H,4,7-11H2,1H3,(H,17,18). The predicted octanol–water partition coefficient (Wildman–Crippen LogP) is 1.97. The zero-order valence-electron chi connectivity index (χ0n) is 11.2. The minimum atomic E-state index is 0.0270. The Morgan fingerprint density at radius 3 is 2.84 bits per heavy atom. The lowest BCUT2D eigenvalue weighted by Gasteiger charge is -2.07. The number of amides is 1. The second kappa shape index (κ2) is 9.78. The van der Waals surface area contributed by atoms with Gasteiger partial charge in [0.15, 0.2) is 0 Å². The molecule has 1 rings (SSSR count). The Hall–Kier alpha value is -1.10. The van der Waals surface area contributed by atoms with E-state index in [-0.39, 0.29) is 5.91 Å². The molecule has 0 atom stereocenters. The summed E-state index contributed by atoms with van der Waals surface area (Å²) >= 11 is 6.01. The van der Waals surface area contributed by atoms with Crippen LogP contribution in [0, 0.1) is 0 Å². The minimum Gasteiger partial charge on any atom is -0.385 e. The quantitative estimate of drug-likeness (QED) is 0.682. The van der Waals surface area contributed by atoms with Crippen LogP contribution in [0.2, 0.25) is 5.02 Å². The molecule has 1 amide bonds. The molecule has 0 aliphatic heterocycles. The van der Waals surface area contributed by atoms with Gasteiger partial charge in [0.1, 0.15) is 0 Å². The molecule has 0 aliphatic rings. The fourth-order valence-corrected chi connectivity index (χ4v) is 1.79. The first-order valence-electron chi connectivity index (χ1n) is 6.44. The van der Waals surface area contributed by atoms with E-state index in [4.69, 9.17) is 16.3 Å². The molecule has 5 heteroatoms. The van der Waals surface area contributed by atoms with Gasteiger partial charge in [-0.1, -0.05) is 29.8 Å². The number of hydrogen-bond donors (Lipinski definition) is 2. The molecule has 0 unspecified atom stereocenters. The van der Waals surface area contributed by atoms with Crippen LogP contribution in [-0.2, 0) is 16.1 Å². The number of rotatable bonds is 9. The first-order chi connectivity index (χ1) is 9.24. The van der Waals surface area contributed by atoms with Gasteiger partial charge in [-0.2, -0.15) is 0 Å². The van der Waals surface area contributed by atoms with Crippen molar-refractivity contribution < 1.29 is 9.53 Å². The van der Waals surface area contributed by atoms with Crippen LogP contribution in [0.1, 0.15) is 18.4 Å². The van der Waals surface area contributed by atoms with Gasteiger partial charge in [-0.15, -0.1) is 0 Å². The Morgan fingerprint density at radius 1 is 1.32 bits per heavy atom. The van der Waals surface area contributed by atoms with Crippen molar-refractivity contribution in [2.45, 2.75) is 19.4 Å². The Morgan fingerprint density at radius 2 is 2.11 bits per heavy atom. The second-order valence-electron chi connectivity index (χ2n) is 4.21. The predicted molar refractivity (Wildman–Crippen MR) is 77.3 cm³/mol. The summed E-state index contributed by atoms with van der Waals surface area (Å²) in [6.07, 6.45) is 1.43. The van der Waals surface area contributed by atoms with Crippen molar-refractivity contribution in [1.29, 1.82) is 0 Å². The molecule has 0 saturated heterocycles. The third-order valence-corrected chi connectivity index (χ3v) is 3.03. The molecular formula is C14H21ClN2O2. The molecule has 0 heterocycles. The van der Waals surface area contributed by atoms with E-state index in [2.05, 4.69) is 10.6 Å². The highest BCUT2D eigenvalue weighted by molar-refractivity contribution is 6.31. The fourth-order valence-electron chi connectivity index (χ4n) is 1.59. The smallest absolute Gasteiger partial charge is 0.221 e. The Labute approximate surface area is 119 Å². The van der Waals surface area contributed by atoms with Gasteiger partial charge in [0, 0.05) is 38.2 Å². The number of carbonyl (C=O) groups is 1. The van der Waals surface area contributed by atoms with Crippen molar-refractivity contribution in [2.75, 3.05) is 26.8 Å². The van der Waals surface area contributed by atoms with Gasteiger partial charge in [-0.3, -0.25) is 4.79 Å². The maximum absolute atomic E-state index is 11.6.